The minimum absolute atomic E-state index is 0.176. The highest BCUT2D eigenvalue weighted by atomic mass is 16.5. The first-order valence-corrected chi connectivity index (χ1v) is 9.38. The lowest BCUT2D eigenvalue weighted by Crippen LogP contribution is -2.67. The highest BCUT2D eigenvalue weighted by Gasteiger charge is 2.44. The van der Waals surface area contributed by atoms with Crippen molar-refractivity contribution in [2.75, 3.05) is 27.3 Å². The molecule has 2 aliphatic rings. The van der Waals surface area contributed by atoms with Crippen LogP contribution in [0.15, 0.2) is 0 Å². The second kappa shape index (κ2) is 9.32. The van der Waals surface area contributed by atoms with Crippen LogP contribution in [0.5, 0.6) is 0 Å². The van der Waals surface area contributed by atoms with Gasteiger partial charge in [0, 0.05) is 13.1 Å². The van der Waals surface area contributed by atoms with Gasteiger partial charge in [-0.15, -0.1) is 0 Å². The number of nitrogens with one attached hydrogen (secondary N) is 1. The van der Waals surface area contributed by atoms with Crippen LogP contribution in [-0.4, -0.2) is 73.3 Å². The molecule has 1 N–H and O–H groups in total. The molecule has 0 bridgehead atoms. The number of esters is 2. The van der Waals surface area contributed by atoms with Gasteiger partial charge in [-0.05, 0) is 38.0 Å². The summed E-state index contributed by atoms with van der Waals surface area (Å²) in [4.78, 5) is 37.2. The Labute approximate surface area is 155 Å². The van der Waals surface area contributed by atoms with Gasteiger partial charge in [-0.3, -0.25) is 19.9 Å². The molecule has 0 aromatic rings. The maximum Gasteiger partial charge on any atom is 0.330 e. The lowest BCUT2D eigenvalue weighted by molar-refractivity contribution is -0.184. The van der Waals surface area contributed by atoms with Crippen molar-refractivity contribution in [3.63, 3.8) is 0 Å². The zero-order valence-corrected chi connectivity index (χ0v) is 16.2. The van der Waals surface area contributed by atoms with E-state index in [1.807, 2.05) is 5.01 Å². The third kappa shape index (κ3) is 4.73. The number of hydrogen-bond acceptors (Lipinski definition) is 7. The molecule has 3 unspecified atom stereocenters. The van der Waals surface area contributed by atoms with Crippen molar-refractivity contribution in [1.82, 2.24) is 15.3 Å². The predicted molar refractivity (Wildman–Crippen MR) is 94.9 cm³/mol. The fourth-order valence-corrected chi connectivity index (χ4v) is 3.63. The number of nitrogens with zero attached hydrogens (tertiary/aromatic N) is 2. The number of rotatable bonds is 7. The summed E-state index contributed by atoms with van der Waals surface area (Å²) < 4.78 is 9.76. The van der Waals surface area contributed by atoms with Gasteiger partial charge in [0.1, 0.15) is 12.1 Å². The molecular weight excluding hydrogens is 338 g/mol. The van der Waals surface area contributed by atoms with Crippen LogP contribution in [0.4, 0.5) is 0 Å². The van der Waals surface area contributed by atoms with Crippen molar-refractivity contribution >= 4 is 17.8 Å². The van der Waals surface area contributed by atoms with Gasteiger partial charge >= 0.3 is 11.9 Å². The van der Waals surface area contributed by atoms with E-state index in [1.54, 1.807) is 0 Å². The van der Waals surface area contributed by atoms with Crippen molar-refractivity contribution < 1.29 is 23.9 Å². The summed E-state index contributed by atoms with van der Waals surface area (Å²) in [6, 6.07) is -1.62. The Morgan fingerprint density at radius 1 is 1.15 bits per heavy atom. The Hall–Kier alpha value is -1.67. The number of methoxy groups -OCH3 is 2. The molecule has 0 aromatic carbocycles. The first kappa shape index (κ1) is 20.6. The van der Waals surface area contributed by atoms with Gasteiger partial charge in [0.05, 0.1) is 20.3 Å². The number of carbonyl (C=O) groups is 3. The zero-order valence-electron chi connectivity index (χ0n) is 16.2. The molecule has 0 radical (unpaired) electrons. The molecule has 0 aliphatic carbocycles. The average molecular weight is 369 g/mol. The molecule has 0 aromatic heterocycles. The highest BCUT2D eigenvalue weighted by Crippen LogP contribution is 2.25. The number of ether oxygens (including phenoxy) is 2. The molecular formula is C18H31N3O5. The molecule has 0 spiro atoms. The Morgan fingerprint density at radius 3 is 2.50 bits per heavy atom. The lowest BCUT2D eigenvalue weighted by Gasteiger charge is -2.48. The third-order valence-corrected chi connectivity index (χ3v) is 5.09. The predicted octanol–water partition coefficient (Wildman–Crippen LogP) is 0.707. The van der Waals surface area contributed by atoms with E-state index in [0.29, 0.717) is 31.7 Å². The standard InChI is InChI=1S/C18H31N3O5/c1-12(2)7-8-14(17(23)25-3)19-13-9-11-20-10-5-6-15(18(24)26-4)21(20)16(13)22/h12-15,19H,5-11H2,1-4H3. The molecule has 2 heterocycles. The van der Waals surface area contributed by atoms with Crippen LogP contribution >= 0.6 is 0 Å². The van der Waals surface area contributed by atoms with Crippen LogP contribution in [-0.2, 0) is 23.9 Å². The van der Waals surface area contributed by atoms with Crippen molar-refractivity contribution in [3.05, 3.63) is 0 Å². The van der Waals surface area contributed by atoms with Gasteiger partial charge < -0.3 is 9.47 Å². The molecule has 26 heavy (non-hydrogen) atoms. The molecule has 8 heteroatoms. The van der Waals surface area contributed by atoms with E-state index < -0.39 is 24.1 Å². The molecule has 2 rings (SSSR count). The second-order valence-electron chi connectivity index (χ2n) is 7.37. The van der Waals surface area contributed by atoms with Crippen molar-refractivity contribution in [3.8, 4) is 0 Å². The average Bonchev–Trinajstić information content (AvgIpc) is 2.64. The van der Waals surface area contributed by atoms with E-state index in [0.717, 1.165) is 19.4 Å². The molecule has 2 aliphatic heterocycles. The van der Waals surface area contributed by atoms with Gasteiger partial charge in [0.25, 0.3) is 5.91 Å². The van der Waals surface area contributed by atoms with Crippen molar-refractivity contribution in [1.29, 1.82) is 0 Å². The summed E-state index contributed by atoms with van der Waals surface area (Å²) in [5.74, 6) is -0.478. The molecule has 8 nitrogen and oxygen atoms in total. The maximum absolute atomic E-state index is 13.0. The van der Waals surface area contributed by atoms with E-state index in [2.05, 4.69) is 19.2 Å². The highest BCUT2D eigenvalue weighted by molar-refractivity contribution is 5.88. The van der Waals surface area contributed by atoms with Gasteiger partial charge in [-0.2, -0.15) is 0 Å². The monoisotopic (exact) mass is 369 g/mol. The van der Waals surface area contributed by atoms with Crippen LogP contribution in [0.2, 0.25) is 0 Å². The Morgan fingerprint density at radius 2 is 1.88 bits per heavy atom. The quantitative estimate of drug-likeness (QED) is 0.661. The van der Waals surface area contributed by atoms with Gasteiger partial charge in [-0.25, -0.2) is 9.80 Å². The van der Waals surface area contributed by atoms with Crippen molar-refractivity contribution in [2.45, 2.75) is 64.1 Å². The summed E-state index contributed by atoms with van der Waals surface area (Å²) in [7, 11) is 2.69. The molecule has 1 amide bonds. The van der Waals surface area contributed by atoms with E-state index in [-0.39, 0.29) is 11.9 Å². The number of hydrazine groups is 1. The maximum atomic E-state index is 13.0. The molecule has 2 saturated heterocycles. The van der Waals surface area contributed by atoms with Crippen LogP contribution in [0.1, 0.15) is 46.0 Å². The van der Waals surface area contributed by atoms with E-state index >= 15 is 0 Å². The van der Waals surface area contributed by atoms with Gasteiger partial charge in [-0.1, -0.05) is 13.8 Å². The summed E-state index contributed by atoms with van der Waals surface area (Å²) in [6.45, 7) is 5.59. The summed E-state index contributed by atoms with van der Waals surface area (Å²) in [5.41, 5.74) is 0. The smallest absolute Gasteiger partial charge is 0.330 e. The number of fused-ring (bicyclic) bond motifs is 1. The first-order chi connectivity index (χ1) is 12.4. The van der Waals surface area contributed by atoms with Crippen LogP contribution in [0, 0.1) is 5.92 Å². The van der Waals surface area contributed by atoms with Gasteiger partial charge in [0.2, 0.25) is 0 Å². The number of amides is 1. The topological polar surface area (TPSA) is 88.2 Å². The lowest BCUT2D eigenvalue weighted by atomic mass is 9.99. The summed E-state index contributed by atoms with van der Waals surface area (Å²) in [6.07, 6.45) is 3.50. The SMILES string of the molecule is COC(=O)C(CCC(C)C)NC1CCN2CCCC(C(=O)OC)N2C1=O. The Kier molecular flexibility index (Phi) is 7.40. The Bertz CT molecular complexity index is 525. The third-order valence-electron chi connectivity index (χ3n) is 5.09. The number of carbonyl (C=O) groups excluding carboxylic acids is 3. The first-order valence-electron chi connectivity index (χ1n) is 9.38. The van der Waals surface area contributed by atoms with E-state index in [9.17, 15) is 14.4 Å². The minimum Gasteiger partial charge on any atom is -0.468 e. The minimum atomic E-state index is -0.585. The molecule has 148 valence electrons. The van der Waals surface area contributed by atoms with E-state index in [4.69, 9.17) is 9.47 Å². The largest absolute Gasteiger partial charge is 0.468 e. The van der Waals surface area contributed by atoms with Crippen LogP contribution in [0.3, 0.4) is 0 Å². The van der Waals surface area contributed by atoms with E-state index in [1.165, 1.54) is 19.2 Å². The van der Waals surface area contributed by atoms with Crippen LogP contribution in [0.25, 0.3) is 0 Å². The van der Waals surface area contributed by atoms with Gasteiger partial charge in [0.15, 0.2) is 0 Å². The molecule has 2 fully saturated rings. The number of hydrogen-bond donors (Lipinski definition) is 1. The zero-order chi connectivity index (χ0) is 19.3. The Balaban J connectivity index is 2.10. The normalized spacial score (nSPS) is 25.0. The van der Waals surface area contributed by atoms with Crippen LogP contribution < -0.4 is 5.32 Å². The summed E-state index contributed by atoms with van der Waals surface area (Å²) in [5, 5.41) is 6.64. The molecule has 3 atom stereocenters. The van der Waals surface area contributed by atoms with Crippen molar-refractivity contribution in [2.24, 2.45) is 5.92 Å². The fourth-order valence-electron chi connectivity index (χ4n) is 3.63. The molecule has 0 saturated carbocycles. The second-order valence-corrected chi connectivity index (χ2v) is 7.37. The fraction of sp³-hybridized carbons (Fsp3) is 0.833. The summed E-state index contributed by atoms with van der Waals surface area (Å²) >= 11 is 0.